The Morgan fingerprint density at radius 1 is 1.29 bits per heavy atom. The molecule has 0 aromatic carbocycles. The Morgan fingerprint density at radius 2 is 2.00 bits per heavy atom. The number of hydrogen-bond acceptors (Lipinski definition) is 2. The maximum absolute atomic E-state index is 11.9. The molecule has 0 spiro atoms. The summed E-state index contributed by atoms with van der Waals surface area (Å²) in [5.41, 5.74) is 0. The van der Waals surface area contributed by atoms with Gasteiger partial charge in [0, 0.05) is 5.92 Å². The van der Waals surface area contributed by atoms with Crippen LogP contribution in [0, 0.1) is 17.8 Å². The van der Waals surface area contributed by atoms with Crippen molar-refractivity contribution in [2.75, 3.05) is 0 Å². The van der Waals surface area contributed by atoms with E-state index in [-0.39, 0.29) is 11.7 Å². The van der Waals surface area contributed by atoms with E-state index >= 15 is 0 Å². The molecule has 1 heterocycles. The van der Waals surface area contributed by atoms with Gasteiger partial charge in [0.25, 0.3) is 0 Å². The van der Waals surface area contributed by atoms with Crippen LogP contribution >= 0.6 is 15.9 Å². The molecule has 2 aliphatic rings. The minimum Gasteiger partial charge on any atom is -0.446 e. The Labute approximate surface area is 90.8 Å². The van der Waals surface area contributed by atoms with Crippen LogP contribution in [0.3, 0.4) is 0 Å². The number of rotatable bonds is 2. The molecular weight excluding hydrogens is 244 g/mol. The number of ketones is 1. The van der Waals surface area contributed by atoms with Gasteiger partial charge < -0.3 is 4.42 Å². The average molecular weight is 255 g/mol. The standard InChI is InChI=1S/C11H11BrO2/c12-10-2-1-9(14-10)11(13)8-4-6-3-7(6)5-8/h1-2,6-8H,3-5H2. The third-order valence-electron chi connectivity index (χ3n) is 3.43. The van der Waals surface area contributed by atoms with Gasteiger partial charge >= 0.3 is 0 Å². The summed E-state index contributed by atoms with van der Waals surface area (Å²) in [6.07, 6.45) is 3.52. The zero-order valence-corrected chi connectivity index (χ0v) is 9.29. The van der Waals surface area contributed by atoms with Crippen molar-refractivity contribution < 1.29 is 9.21 Å². The molecule has 1 aromatic rings. The second kappa shape index (κ2) is 2.96. The van der Waals surface area contributed by atoms with E-state index in [4.69, 9.17) is 4.42 Å². The molecule has 2 fully saturated rings. The van der Waals surface area contributed by atoms with Crippen LogP contribution in [0.2, 0.25) is 0 Å². The fourth-order valence-electron chi connectivity index (χ4n) is 2.58. The average Bonchev–Trinajstić information content (AvgIpc) is 2.64. The Morgan fingerprint density at radius 3 is 2.57 bits per heavy atom. The Balaban J connectivity index is 1.76. The van der Waals surface area contributed by atoms with Crippen LogP contribution in [-0.2, 0) is 0 Å². The van der Waals surface area contributed by atoms with Crippen LogP contribution < -0.4 is 0 Å². The molecular formula is C11H11BrO2. The molecule has 74 valence electrons. The van der Waals surface area contributed by atoms with Gasteiger partial charge in [-0.25, -0.2) is 0 Å². The highest BCUT2D eigenvalue weighted by molar-refractivity contribution is 9.10. The van der Waals surface area contributed by atoms with Crippen molar-refractivity contribution in [1.82, 2.24) is 0 Å². The first kappa shape index (κ1) is 8.72. The largest absolute Gasteiger partial charge is 0.446 e. The van der Waals surface area contributed by atoms with Gasteiger partial charge in [-0.2, -0.15) is 0 Å². The quantitative estimate of drug-likeness (QED) is 0.759. The van der Waals surface area contributed by atoms with Crippen LogP contribution in [0.1, 0.15) is 29.8 Å². The van der Waals surface area contributed by atoms with Crippen molar-refractivity contribution in [2.24, 2.45) is 17.8 Å². The first-order valence-electron chi connectivity index (χ1n) is 5.03. The van der Waals surface area contributed by atoms with Crippen LogP contribution in [0.5, 0.6) is 0 Å². The number of furan rings is 1. The third-order valence-corrected chi connectivity index (χ3v) is 3.86. The SMILES string of the molecule is O=C(c1ccc(Br)o1)C1CC2CC2C1. The van der Waals surface area contributed by atoms with Crippen LogP contribution in [-0.4, -0.2) is 5.78 Å². The molecule has 14 heavy (non-hydrogen) atoms. The highest BCUT2D eigenvalue weighted by atomic mass is 79.9. The lowest BCUT2D eigenvalue weighted by Gasteiger charge is -2.07. The molecule has 2 nitrogen and oxygen atoms in total. The molecule has 0 aliphatic heterocycles. The van der Waals surface area contributed by atoms with E-state index < -0.39 is 0 Å². The van der Waals surface area contributed by atoms with Gasteiger partial charge in [-0.15, -0.1) is 0 Å². The summed E-state index contributed by atoms with van der Waals surface area (Å²) in [4.78, 5) is 11.9. The fourth-order valence-corrected chi connectivity index (χ4v) is 2.88. The van der Waals surface area contributed by atoms with Gasteiger partial charge in [0.2, 0.25) is 5.78 Å². The molecule has 1 aromatic heterocycles. The summed E-state index contributed by atoms with van der Waals surface area (Å²) in [5, 5.41) is 0. The molecule has 0 bridgehead atoms. The molecule has 2 aliphatic carbocycles. The maximum Gasteiger partial charge on any atom is 0.201 e. The van der Waals surface area contributed by atoms with Crippen molar-refractivity contribution in [2.45, 2.75) is 19.3 Å². The molecule has 0 N–H and O–H groups in total. The van der Waals surface area contributed by atoms with Gasteiger partial charge in [-0.1, -0.05) is 0 Å². The van der Waals surface area contributed by atoms with Crippen molar-refractivity contribution in [3.05, 3.63) is 22.6 Å². The normalized spacial score (nSPS) is 34.2. The molecule has 3 heteroatoms. The van der Waals surface area contributed by atoms with E-state index in [9.17, 15) is 4.79 Å². The molecule has 2 saturated carbocycles. The van der Waals surface area contributed by atoms with Crippen LogP contribution in [0.15, 0.2) is 21.2 Å². The third kappa shape index (κ3) is 1.34. The number of carbonyl (C=O) groups excluding carboxylic acids is 1. The van der Waals surface area contributed by atoms with E-state index in [1.807, 2.05) is 0 Å². The number of carbonyl (C=O) groups is 1. The fraction of sp³-hybridized carbons (Fsp3) is 0.545. The van der Waals surface area contributed by atoms with Crippen molar-refractivity contribution in [3.8, 4) is 0 Å². The topological polar surface area (TPSA) is 30.2 Å². The minimum absolute atomic E-state index is 0.197. The molecule has 0 amide bonds. The number of hydrogen-bond donors (Lipinski definition) is 0. The van der Waals surface area contributed by atoms with E-state index in [1.54, 1.807) is 12.1 Å². The summed E-state index contributed by atoms with van der Waals surface area (Å²) < 4.78 is 5.92. The summed E-state index contributed by atoms with van der Waals surface area (Å²) in [6.45, 7) is 0. The molecule has 2 unspecified atom stereocenters. The summed E-state index contributed by atoms with van der Waals surface area (Å²) in [7, 11) is 0. The van der Waals surface area contributed by atoms with E-state index in [2.05, 4.69) is 15.9 Å². The van der Waals surface area contributed by atoms with Crippen LogP contribution in [0.4, 0.5) is 0 Å². The molecule has 0 saturated heterocycles. The monoisotopic (exact) mass is 254 g/mol. The molecule has 0 radical (unpaired) electrons. The van der Waals surface area contributed by atoms with Gasteiger partial charge in [-0.05, 0) is 59.2 Å². The summed E-state index contributed by atoms with van der Waals surface area (Å²) in [5.74, 6) is 2.65. The highest BCUT2D eigenvalue weighted by Crippen LogP contribution is 2.54. The lowest BCUT2D eigenvalue weighted by molar-refractivity contribution is 0.0884. The van der Waals surface area contributed by atoms with E-state index in [1.165, 1.54) is 6.42 Å². The van der Waals surface area contributed by atoms with Gasteiger partial charge in [0.1, 0.15) is 0 Å². The molecule has 3 rings (SSSR count). The lowest BCUT2D eigenvalue weighted by atomic mass is 9.97. The van der Waals surface area contributed by atoms with Gasteiger partial charge in [0.15, 0.2) is 10.4 Å². The number of fused-ring (bicyclic) bond motifs is 1. The van der Waals surface area contributed by atoms with Crippen molar-refractivity contribution in [3.63, 3.8) is 0 Å². The van der Waals surface area contributed by atoms with E-state index in [0.717, 1.165) is 24.7 Å². The van der Waals surface area contributed by atoms with Crippen molar-refractivity contribution >= 4 is 21.7 Å². The maximum atomic E-state index is 11.9. The van der Waals surface area contributed by atoms with Gasteiger partial charge in [0.05, 0.1) is 0 Å². The smallest absolute Gasteiger partial charge is 0.201 e. The zero-order chi connectivity index (χ0) is 9.71. The zero-order valence-electron chi connectivity index (χ0n) is 7.70. The van der Waals surface area contributed by atoms with Gasteiger partial charge in [-0.3, -0.25) is 4.79 Å². The first-order chi connectivity index (χ1) is 6.74. The number of Topliss-reactive ketones (excluding diaryl/α,β-unsaturated/α-hetero) is 1. The Bertz CT molecular complexity index is 372. The predicted octanol–water partition coefficient (Wildman–Crippen LogP) is 3.27. The molecule has 2 atom stereocenters. The number of halogens is 1. The first-order valence-corrected chi connectivity index (χ1v) is 5.83. The van der Waals surface area contributed by atoms with Crippen molar-refractivity contribution in [1.29, 1.82) is 0 Å². The predicted molar refractivity (Wildman–Crippen MR) is 55.1 cm³/mol. The highest BCUT2D eigenvalue weighted by Gasteiger charge is 2.48. The lowest BCUT2D eigenvalue weighted by Crippen LogP contribution is -2.11. The summed E-state index contributed by atoms with van der Waals surface area (Å²) >= 11 is 3.21. The van der Waals surface area contributed by atoms with E-state index in [0.29, 0.717) is 10.4 Å². The second-order valence-corrected chi connectivity index (χ2v) is 5.17. The second-order valence-electron chi connectivity index (χ2n) is 4.39. The Hall–Kier alpha value is -0.570. The Kier molecular flexibility index (Phi) is 1.84. The van der Waals surface area contributed by atoms with Crippen LogP contribution in [0.25, 0.3) is 0 Å². The summed E-state index contributed by atoms with van der Waals surface area (Å²) in [6, 6.07) is 3.54. The minimum atomic E-state index is 0.197.